The van der Waals surface area contributed by atoms with Crippen LogP contribution in [-0.2, 0) is 65.9 Å². The van der Waals surface area contributed by atoms with Crippen molar-refractivity contribution in [2.45, 2.75) is 155 Å². The first kappa shape index (κ1) is 65.1. The molecule has 19 nitrogen and oxygen atoms in total. The van der Waals surface area contributed by atoms with Crippen LogP contribution in [0.3, 0.4) is 0 Å². The van der Waals surface area contributed by atoms with Crippen LogP contribution in [0.25, 0.3) is 0 Å². The maximum atomic E-state index is 14.7. The topological polar surface area (TPSA) is 233 Å². The van der Waals surface area contributed by atoms with Gasteiger partial charge in [-0.25, -0.2) is 17.5 Å². The molecule has 0 saturated carbocycles. The van der Waals surface area contributed by atoms with Gasteiger partial charge in [0.1, 0.15) is 12.1 Å². The van der Waals surface area contributed by atoms with Crippen LogP contribution in [0.5, 0.6) is 0 Å². The third-order valence-electron chi connectivity index (χ3n) is 15.5. The summed E-state index contributed by atoms with van der Waals surface area (Å²) in [5, 5.41) is 15.8. The van der Waals surface area contributed by atoms with Crippen molar-refractivity contribution in [3.05, 3.63) is 76.2 Å². The highest BCUT2D eigenvalue weighted by molar-refractivity contribution is 7.95. The number of aliphatic carboxylic acids is 1. The second-order valence-electron chi connectivity index (χ2n) is 21.6. The van der Waals surface area contributed by atoms with Crippen LogP contribution in [0, 0.1) is 23.7 Å². The summed E-state index contributed by atoms with van der Waals surface area (Å²) in [6.07, 6.45) is 3.67. The van der Waals surface area contributed by atoms with E-state index in [2.05, 4.69) is 10.6 Å². The molecule has 9 atom stereocenters. The van der Waals surface area contributed by atoms with E-state index in [0.29, 0.717) is 63.7 Å². The summed E-state index contributed by atoms with van der Waals surface area (Å²) in [5.41, 5.74) is 2.47. The standard InChI is InChI=1S/C57H86ClN7O12S/c1-13-38(6)52(45(76-11)34-48(67)64-30-20-23-44(64)53(77-12)39(7)54(69)59-43(57(72)73)33-41-21-16-14-17-22-41)63(10)56(71)50(36(2)3)60-55(70)51(37(4)5)61(8)32-29-40-25-27-42(28-26-40)62(9)47(66)24-18-15-19-31-65-49(68)35-46(58)78(65,74)75/h14,16-17,21-22,25-28,35-39,43-45,50-53H,13,15,18-20,23-24,29-34H2,1-12H3,(H,59,69)(H,60,70)(H,72,73)/t38-,39+,43-,44-,45+,50-,51-,52-,53+/m0/s1. The van der Waals surface area contributed by atoms with Crippen LogP contribution in [0.15, 0.2) is 65.0 Å². The summed E-state index contributed by atoms with van der Waals surface area (Å²) in [7, 11) is 4.32. The normalized spacial score (nSPS) is 18.4. The molecule has 434 valence electrons. The van der Waals surface area contributed by atoms with E-state index in [1.165, 1.54) is 14.2 Å². The van der Waals surface area contributed by atoms with Crippen molar-refractivity contribution in [2.75, 3.05) is 59.9 Å². The Morgan fingerprint density at radius 2 is 1.50 bits per heavy atom. The molecule has 0 aromatic heterocycles. The Labute approximate surface area is 467 Å². The average Bonchev–Trinajstić information content (AvgIpc) is 3.96. The van der Waals surface area contributed by atoms with Crippen molar-refractivity contribution < 1.29 is 56.6 Å². The number of hydrogen-bond acceptors (Lipinski definition) is 12. The Morgan fingerprint density at radius 3 is 2.05 bits per heavy atom. The lowest BCUT2D eigenvalue weighted by Crippen LogP contribution is -2.60. The number of amides is 6. The number of ether oxygens (including phenoxy) is 2. The summed E-state index contributed by atoms with van der Waals surface area (Å²) in [4.78, 5) is 101. The molecule has 2 aromatic rings. The van der Waals surface area contributed by atoms with Gasteiger partial charge < -0.3 is 39.9 Å². The van der Waals surface area contributed by atoms with Crippen molar-refractivity contribution in [3.63, 3.8) is 0 Å². The van der Waals surface area contributed by atoms with Gasteiger partial charge in [0.25, 0.3) is 15.9 Å². The third kappa shape index (κ3) is 17.1. The second kappa shape index (κ2) is 30.3. The Bertz CT molecular complexity index is 2500. The molecule has 2 aliphatic rings. The van der Waals surface area contributed by atoms with Crippen LogP contribution >= 0.6 is 11.6 Å². The number of likely N-dealkylation sites (N-methyl/N-ethyl adjacent to an activating group) is 2. The molecule has 0 unspecified atom stereocenters. The van der Waals surface area contributed by atoms with Gasteiger partial charge in [0.15, 0.2) is 4.36 Å². The monoisotopic (exact) mass is 1130 g/mol. The zero-order valence-electron chi connectivity index (χ0n) is 47.8. The largest absolute Gasteiger partial charge is 0.480 e. The fourth-order valence-electron chi connectivity index (χ4n) is 10.7. The summed E-state index contributed by atoms with van der Waals surface area (Å²) >= 11 is 5.68. The van der Waals surface area contributed by atoms with Gasteiger partial charge in [0.2, 0.25) is 29.5 Å². The number of anilines is 1. The number of carboxylic acids is 1. The van der Waals surface area contributed by atoms with Gasteiger partial charge in [0, 0.05) is 72.6 Å². The number of nitrogens with zero attached hydrogens (tertiary/aromatic N) is 5. The quantitative estimate of drug-likeness (QED) is 0.0755. The van der Waals surface area contributed by atoms with Crippen molar-refractivity contribution in [1.29, 1.82) is 0 Å². The molecular weight excluding hydrogens is 1040 g/mol. The van der Waals surface area contributed by atoms with Crippen LogP contribution in [0.4, 0.5) is 5.69 Å². The van der Waals surface area contributed by atoms with Crippen LogP contribution in [-0.4, -0.2) is 171 Å². The Balaban J connectivity index is 1.36. The molecule has 0 radical (unpaired) electrons. The summed E-state index contributed by atoms with van der Waals surface area (Å²) in [5.74, 6) is -4.58. The number of sulfonamides is 1. The lowest BCUT2D eigenvalue weighted by molar-refractivity contribution is -0.148. The van der Waals surface area contributed by atoms with Crippen molar-refractivity contribution in [1.82, 2.24) is 29.6 Å². The van der Waals surface area contributed by atoms with E-state index in [1.54, 1.807) is 60.0 Å². The van der Waals surface area contributed by atoms with Crippen molar-refractivity contribution in [3.8, 4) is 0 Å². The molecule has 2 aliphatic heterocycles. The van der Waals surface area contributed by atoms with E-state index in [0.717, 1.165) is 21.5 Å². The first-order valence-electron chi connectivity index (χ1n) is 27.3. The number of nitrogens with one attached hydrogen (secondary N) is 2. The fraction of sp³-hybridized carbons (Fsp3) is 0.632. The Kier molecular flexibility index (Phi) is 25.3. The molecule has 1 saturated heterocycles. The lowest BCUT2D eigenvalue weighted by Gasteiger charge is -2.41. The minimum Gasteiger partial charge on any atom is -0.480 e. The van der Waals surface area contributed by atoms with Gasteiger partial charge in [-0.15, -0.1) is 0 Å². The zero-order chi connectivity index (χ0) is 58.2. The summed E-state index contributed by atoms with van der Waals surface area (Å²) in [6.45, 7) is 14.3. The highest BCUT2D eigenvalue weighted by Gasteiger charge is 2.44. The summed E-state index contributed by atoms with van der Waals surface area (Å²) in [6, 6.07) is 13.0. The Hall–Kier alpha value is -5.41. The highest BCUT2D eigenvalue weighted by atomic mass is 35.5. The molecule has 3 N–H and O–H groups in total. The Morgan fingerprint density at radius 1 is 0.846 bits per heavy atom. The highest BCUT2D eigenvalue weighted by Crippen LogP contribution is 2.31. The molecule has 2 aromatic carbocycles. The predicted molar refractivity (Wildman–Crippen MR) is 300 cm³/mol. The van der Waals surface area contributed by atoms with E-state index in [4.69, 9.17) is 21.1 Å². The van der Waals surface area contributed by atoms with E-state index in [-0.39, 0.29) is 67.2 Å². The molecule has 0 spiro atoms. The number of benzene rings is 2. The maximum Gasteiger partial charge on any atom is 0.326 e. The number of methoxy groups -OCH3 is 2. The molecule has 21 heteroatoms. The average molecular weight is 1130 g/mol. The minimum absolute atomic E-state index is 0.00254. The van der Waals surface area contributed by atoms with Crippen molar-refractivity contribution in [2.24, 2.45) is 23.7 Å². The number of unbranched alkanes of at least 4 members (excludes halogenated alkanes) is 2. The van der Waals surface area contributed by atoms with Gasteiger partial charge in [0.05, 0.1) is 42.7 Å². The smallest absolute Gasteiger partial charge is 0.326 e. The first-order chi connectivity index (χ1) is 36.8. The molecule has 78 heavy (non-hydrogen) atoms. The van der Waals surface area contributed by atoms with Gasteiger partial charge in [-0.1, -0.05) is 115 Å². The molecule has 1 fully saturated rings. The second-order valence-corrected chi connectivity index (χ2v) is 24.1. The van der Waals surface area contributed by atoms with E-state index in [1.807, 2.05) is 83.8 Å². The van der Waals surface area contributed by atoms with Gasteiger partial charge in [-0.3, -0.25) is 33.7 Å². The number of likely N-dealkylation sites (tertiary alicyclic amines) is 1. The summed E-state index contributed by atoms with van der Waals surface area (Å²) < 4.78 is 36.6. The van der Waals surface area contributed by atoms with Gasteiger partial charge in [-0.05, 0) is 80.2 Å². The van der Waals surface area contributed by atoms with E-state index in [9.17, 15) is 47.1 Å². The minimum atomic E-state index is -3.96. The van der Waals surface area contributed by atoms with Crippen LogP contribution < -0.4 is 15.5 Å². The van der Waals surface area contributed by atoms with Crippen LogP contribution in [0.2, 0.25) is 0 Å². The maximum absolute atomic E-state index is 14.7. The number of halogens is 1. The first-order valence-corrected chi connectivity index (χ1v) is 29.1. The molecular formula is C57H86ClN7O12S. The predicted octanol–water partition coefficient (Wildman–Crippen LogP) is 5.83. The van der Waals surface area contributed by atoms with Crippen LogP contribution in [0.1, 0.15) is 111 Å². The molecule has 6 amide bonds. The molecule has 0 bridgehead atoms. The molecule has 2 heterocycles. The third-order valence-corrected chi connectivity index (χ3v) is 17.7. The fourth-order valence-corrected chi connectivity index (χ4v) is 12.2. The van der Waals surface area contributed by atoms with Gasteiger partial charge >= 0.3 is 5.97 Å². The number of carboxylic acid groups (broad SMARTS) is 1. The van der Waals surface area contributed by atoms with Crippen molar-refractivity contribution >= 4 is 68.7 Å². The number of carbonyl (C=O) groups excluding carboxylic acids is 6. The number of rotatable bonds is 31. The molecule has 0 aliphatic carbocycles. The number of hydrogen-bond donors (Lipinski definition) is 3. The van der Waals surface area contributed by atoms with E-state index >= 15 is 0 Å². The zero-order valence-corrected chi connectivity index (χ0v) is 49.3. The molecule has 4 rings (SSSR count). The van der Waals surface area contributed by atoms with E-state index < -0.39 is 80.5 Å². The SMILES string of the molecule is CC[C@H](C)[C@@H]([C@@H](CC(=O)N1CCC[C@H]1[C@H](OC)[C@@H](C)C(=O)N[C@@H](Cc1ccccc1)C(=O)O)OC)N(C)C(=O)[C@@H](NC(=O)[C@H](C(C)C)N(C)CCc1ccc(N(C)C(=O)CCCCCN2C(=O)C=C(Cl)S2(=O)=O)cc1)C(C)C. The van der Waals surface area contributed by atoms with Gasteiger partial charge in [-0.2, -0.15) is 0 Å². The lowest BCUT2D eigenvalue weighted by atomic mass is 9.89. The number of carbonyl (C=O) groups is 7.